The number of aromatic nitrogens is 3. The molecule has 0 aliphatic rings. The average molecular weight is 468 g/mol. The fraction of sp³-hybridized carbons (Fsp3) is 0.250. The van der Waals surface area contributed by atoms with Gasteiger partial charge in [-0.2, -0.15) is 0 Å². The molecule has 1 heterocycles. The van der Waals surface area contributed by atoms with Crippen LogP contribution in [0.15, 0.2) is 60.3 Å². The minimum atomic E-state index is -0.596. The standard InChI is InChI=1S/C24H26FN5O2S/c1-5-10-30-22(17(4)26-23(32)19-8-6-7-9-20(19)25)28-29-24(30)33-14-21(31)27-18-12-15(2)11-16(3)13-18/h5-9,11-13,17H,1,10,14H2,2-4H3,(H,26,32)(H,27,31)/t17-/m0/s1. The quantitative estimate of drug-likeness (QED) is 0.359. The number of aryl methyl sites for hydroxylation is 2. The van der Waals surface area contributed by atoms with Crippen molar-refractivity contribution in [3.8, 4) is 0 Å². The van der Waals surface area contributed by atoms with Gasteiger partial charge in [0.15, 0.2) is 11.0 Å². The van der Waals surface area contributed by atoms with Crippen molar-refractivity contribution in [3.05, 3.63) is 83.5 Å². The number of carbonyl (C=O) groups is 2. The fourth-order valence-corrected chi connectivity index (χ4v) is 4.14. The van der Waals surface area contributed by atoms with Crippen molar-refractivity contribution in [3.63, 3.8) is 0 Å². The Morgan fingerprint density at radius 1 is 1.18 bits per heavy atom. The maximum Gasteiger partial charge on any atom is 0.254 e. The summed E-state index contributed by atoms with van der Waals surface area (Å²) in [5.41, 5.74) is 2.84. The number of thioether (sulfide) groups is 1. The summed E-state index contributed by atoms with van der Waals surface area (Å²) in [6.07, 6.45) is 1.68. The van der Waals surface area contributed by atoms with E-state index in [1.54, 1.807) is 23.6 Å². The topological polar surface area (TPSA) is 88.9 Å². The Morgan fingerprint density at radius 3 is 2.55 bits per heavy atom. The van der Waals surface area contributed by atoms with Gasteiger partial charge in [-0.25, -0.2) is 4.39 Å². The molecule has 0 saturated carbocycles. The first-order chi connectivity index (χ1) is 15.8. The summed E-state index contributed by atoms with van der Waals surface area (Å²) in [6, 6.07) is 11.1. The number of hydrogen-bond donors (Lipinski definition) is 2. The first kappa shape index (κ1) is 24.2. The summed E-state index contributed by atoms with van der Waals surface area (Å²) in [5, 5.41) is 14.5. The van der Waals surface area contributed by atoms with Crippen LogP contribution in [-0.2, 0) is 11.3 Å². The van der Waals surface area contributed by atoms with E-state index < -0.39 is 17.8 Å². The molecule has 1 atom stereocenters. The summed E-state index contributed by atoms with van der Waals surface area (Å²) < 4.78 is 15.7. The highest BCUT2D eigenvalue weighted by Crippen LogP contribution is 2.22. The Morgan fingerprint density at radius 2 is 1.88 bits per heavy atom. The molecule has 0 aliphatic carbocycles. The van der Waals surface area contributed by atoms with Crippen molar-refractivity contribution in [1.82, 2.24) is 20.1 Å². The molecule has 0 fully saturated rings. The van der Waals surface area contributed by atoms with Gasteiger partial charge in [0, 0.05) is 12.2 Å². The van der Waals surface area contributed by atoms with Gasteiger partial charge in [-0.1, -0.05) is 36.0 Å². The maximum atomic E-state index is 13.9. The van der Waals surface area contributed by atoms with Crippen LogP contribution in [-0.4, -0.2) is 32.3 Å². The van der Waals surface area contributed by atoms with E-state index >= 15 is 0 Å². The number of nitrogens with one attached hydrogen (secondary N) is 2. The van der Waals surface area contributed by atoms with E-state index in [-0.39, 0.29) is 17.2 Å². The molecule has 3 aromatic rings. The molecule has 0 unspecified atom stereocenters. The summed E-state index contributed by atoms with van der Waals surface area (Å²) >= 11 is 1.24. The van der Waals surface area contributed by atoms with E-state index in [1.165, 1.54) is 30.0 Å². The lowest BCUT2D eigenvalue weighted by Gasteiger charge is -2.15. The Hall–Kier alpha value is -3.46. The van der Waals surface area contributed by atoms with Gasteiger partial charge < -0.3 is 15.2 Å². The molecule has 0 radical (unpaired) electrons. The van der Waals surface area contributed by atoms with Crippen molar-refractivity contribution in [2.75, 3.05) is 11.1 Å². The monoisotopic (exact) mass is 467 g/mol. The van der Waals surface area contributed by atoms with E-state index in [0.29, 0.717) is 17.5 Å². The van der Waals surface area contributed by atoms with Gasteiger partial charge in [0.05, 0.1) is 17.4 Å². The average Bonchev–Trinajstić information content (AvgIpc) is 3.14. The predicted octanol–water partition coefficient (Wildman–Crippen LogP) is 4.44. The summed E-state index contributed by atoms with van der Waals surface area (Å²) in [4.78, 5) is 24.9. The first-order valence-corrected chi connectivity index (χ1v) is 11.4. The molecule has 0 aliphatic heterocycles. The van der Waals surface area contributed by atoms with Crippen LogP contribution in [0.5, 0.6) is 0 Å². The van der Waals surface area contributed by atoms with Gasteiger partial charge in [0.25, 0.3) is 5.91 Å². The normalized spacial score (nSPS) is 11.6. The van der Waals surface area contributed by atoms with Crippen molar-refractivity contribution in [2.24, 2.45) is 0 Å². The van der Waals surface area contributed by atoms with Crippen molar-refractivity contribution >= 4 is 29.3 Å². The molecule has 3 rings (SSSR count). The SMILES string of the molecule is C=CCn1c(SCC(=O)Nc2cc(C)cc(C)c2)nnc1[C@H](C)NC(=O)c1ccccc1F. The number of benzene rings is 2. The van der Waals surface area contributed by atoms with Crippen molar-refractivity contribution in [1.29, 1.82) is 0 Å². The summed E-state index contributed by atoms with van der Waals surface area (Å²) in [7, 11) is 0. The van der Waals surface area contributed by atoms with Gasteiger partial charge in [-0.05, 0) is 56.2 Å². The summed E-state index contributed by atoms with van der Waals surface area (Å²) in [6.45, 7) is 9.84. The van der Waals surface area contributed by atoms with Crippen LogP contribution in [0, 0.1) is 19.7 Å². The second-order valence-corrected chi connectivity index (χ2v) is 8.57. The number of nitrogens with zero attached hydrogens (tertiary/aromatic N) is 3. The Bertz CT molecular complexity index is 1160. The maximum absolute atomic E-state index is 13.9. The number of allylic oxidation sites excluding steroid dienone is 1. The number of amides is 2. The van der Waals surface area contributed by atoms with Crippen LogP contribution < -0.4 is 10.6 Å². The van der Waals surface area contributed by atoms with E-state index in [0.717, 1.165) is 16.8 Å². The van der Waals surface area contributed by atoms with Crippen molar-refractivity contribution in [2.45, 2.75) is 38.5 Å². The zero-order chi connectivity index (χ0) is 24.0. The molecular formula is C24H26FN5O2S. The highest BCUT2D eigenvalue weighted by atomic mass is 32.2. The molecule has 9 heteroatoms. The molecule has 2 N–H and O–H groups in total. The number of halogens is 1. The number of hydrogen-bond acceptors (Lipinski definition) is 5. The lowest BCUT2D eigenvalue weighted by Crippen LogP contribution is -2.29. The van der Waals surface area contributed by atoms with Crippen LogP contribution in [0.1, 0.15) is 40.3 Å². The lowest BCUT2D eigenvalue weighted by molar-refractivity contribution is -0.113. The van der Waals surface area contributed by atoms with E-state index in [4.69, 9.17) is 0 Å². The molecule has 7 nitrogen and oxygen atoms in total. The summed E-state index contributed by atoms with van der Waals surface area (Å²) in [5.74, 6) is -0.688. The minimum absolute atomic E-state index is 0.0446. The van der Waals surface area contributed by atoms with Gasteiger partial charge in [0.1, 0.15) is 5.82 Å². The van der Waals surface area contributed by atoms with Crippen LogP contribution in [0.4, 0.5) is 10.1 Å². The van der Waals surface area contributed by atoms with E-state index in [1.807, 2.05) is 32.0 Å². The highest BCUT2D eigenvalue weighted by molar-refractivity contribution is 7.99. The largest absolute Gasteiger partial charge is 0.342 e. The predicted molar refractivity (Wildman–Crippen MR) is 128 cm³/mol. The molecule has 172 valence electrons. The molecule has 0 spiro atoms. The second-order valence-electron chi connectivity index (χ2n) is 7.63. The molecular weight excluding hydrogens is 441 g/mol. The molecule has 2 aromatic carbocycles. The number of anilines is 1. The van der Waals surface area contributed by atoms with Crippen LogP contribution in [0.3, 0.4) is 0 Å². The fourth-order valence-electron chi connectivity index (χ4n) is 3.39. The van der Waals surface area contributed by atoms with E-state index in [9.17, 15) is 14.0 Å². The first-order valence-electron chi connectivity index (χ1n) is 10.4. The van der Waals surface area contributed by atoms with Crippen LogP contribution in [0.2, 0.25) is 0 Å². The lowest BCUT2D eigenvalue weighted by atomic mass is 10.1. The van der Waals surface area contributed by atoms with Crippen LogP contribution >= 0.6 is 11.8 Å². The number of rotatable bonds is 9. The van der Waals surface area contributed by atoms with Crippen LogP contribution in [0.25, 0.3) is 0 Å². The molecule has 0 saturated heterocycles. The highest BCUT2D eigenvalue weighted by Gasteiger charge is 2.21. The Balaban J connectivity index is 1.68. The molecule has 1 aromatic heterocycles. The third-order valence-electron chi connectivity index (χ3n) is 4.75. The molecule has 2 amide bonds. The van der Waals surface area contributed by atoms with Gasteiger partial charge in [-0.3, -0.25) is 9.59 Å². The molecule has 33 heavy (non-hydrogen) atoms. The van der Waals surface area contributed by atoms with Gasteiger partial charge >= 0.3 is 0 Å². The third kappa shape index (κ3) is 6.29. The van der Waals surface area contributed by atoms with Gasteiger partial charge in [-0.15, -0.1) is 16.8 Å². The van der Waals surface area contributed by atoms with Gasteiger partial charge in [0.2, 0.25) is 5.91 Å². The smallest absolute Gasteiger partial charge is 0.254 e. The third-order valence-corrected chi connectivity index (χ3v) is 5.72. The Kier molecular flexibility index (Phi) is 8.00. The number of carbonyl (C=O) groups excluding carboxylic acids is 2. The second kappa shape index (κ2) is 10.9. The zero-order valence-electron chi connectivity index (χ0n) is 18.8. The Labute approximate surface area is 196 Å². The van der Waals surface area contributed by atoms with E-state index in [2.05, 4.69) is 27.4 Å². The minimum Gasteiger partial charge on any atom is -0.342 e. The van der Waals surface area contributed by atoms with Crippen molar-refractivity contribution < 1.29 is 14.0 Å². The molecule has 0 bridgehead atoms. The zero-order valence-corrected chi connectivity index (χ0v) is 19.6.